The molecule has 0 saturated heterocycles. The van der Waals surface area contributed by atoms with E-state index in [-0.39, 0.29) is 0 Å². The molecule has 0 saturated carbocycles. The monoisotopic (exact) mass is 287 g/mol. The van der Waals surface area contributed by atoms with Gasteiger partial charge < -0.3 is 10.1 Å². The molecule has 1 N–H and O–H groups in total. The molecule has 0 aliphatic rings. The summed E-state index contributed by atoms with van der Waals surface area (Å²) in [4.78, 5) is 0. The van der Waals surface area contributed by atoms with Crippen molar-refractivity contribution in [1.29, 1.82) is 0 Å². The molecule has 18 heavy (non-hydrogen) atoms. The van der Waals surface area contributed by atoms with E-state index in [1.54, 1.807) is 11.8 Å². The molecule has 102 valence electrons. The van der Waals surface area contributed by atoms with Gasteiger partial charge in [0.1, 0.15) is 5.75 Å². The maximum absolute atomic E-state index is 6.03. The molecule has 1 aromatic carbocycles. The van der Waals surface area contributed by atoms with E-state index in [4.69, 9.17) is 16.3 Å². The minimum absolute atomic E-state index is 0.644. The summed E-state index contributed by atoms with van der Waals surface area (Å²) >= 11 is 7.82. The van der Waals surface area contributed by atoms with E-state index in [1.807, 2.05) is 18.2 Å². The Kier molecular flexibility index (Phi) is 7.56. The Morgan fingerprint density at radius 3 is 2.83 bits per heavy atom. The summed E-state index contributed by atoms with van der Waals surface area (Å²) in [6.45, 7) is 6.92. The van der Waals surface area contributed by atoms with Crippen molar-refractivity contribution in [1.82, 2.24) is 5.32 Å². The summed E-state index contributed by atoms with van der Waals surface area (Å²) < 4.78 is 5.77. The molecule has 1 rings (SSSR count). The summed E-state index contributed by atoms with van der Waals surface area (Å²) in [5.74, 6) is 2.58. The zero-order chi connectivity index (χ0) is 13.4. The van der Waals surface area contributed by atoms with Crippen molar-refractivity contribution >= 4 is 23.4 Å². The summed E-state index contributed by atoms with van der Waals surface area (Å²) in [7, 11) is 0. The molecule has 0 spiro atoms. The third-order valence-corrected chi connectivity index (χ3v) is 3.25. The normalized spacial score (nSPS) is 10.9. The third kappa shape index (κ3) is 5.98. The van der Waals surface area contributed by atoms with Crippen molar-refractivity contribution < 1.29 is 4.74 Å². The number of hydrogen-bond acceptors (Lipinski definition) is 3. The average molecular weight is 288 g/mol. The fourth-order valence-corrected chi connectivity index (χ4v) is 2.00. The number of hydrogen-bond donors (Lipinski definition) is 1. The number of halogens is 1. The zero-order valence-electron chi connectivity index (χ0n) is 11.3. The van der Waals surface area contributed by atoms with E-state index in [2.05, 4.69) is 25.4 Å². The van der Waals surface area contributed by atoms with E-state index in [1.165, 1.54) is 0 Å². The molecule has 0 fully saturated rings. The van der Waals surface area contributed by atoms with Gasteiger partial charge in [-0.15, -0.1) is 0 Å². The molecule has 0 amide bonds. The van der Waals surface area contributed by atoms with Gasteiger partial charge in [0.05, 0.1) is 6.61 Å². The quantitative estimate of drug-likeness (QED) is 0.734. The summed E-state index contributed by atoms with van der Waals surface area (Å²) in [5, 5.41) is 4.17. The van der Waals surface area contributed by atoms with Crippen molar-refractivity contribution in [3.63, 3.8) is 0 Å². The highest BCUT2D eigenvalue weighted by atomic mass is 35.5. The number of nitrogens with one attached hydrogen (secondary N) is 1. The fourth-order valence-electron chi connectivity index (χ4n) is 1.56. The Balaban J connectivity index is 2.58. The van der Waals surface area contributed by atoms with E-state index < -0.39 is 0 Å². The molecular formula is C14H22ClNOS. The fraction of sp³-hybridized carbons (Fsp3) is 0.571. The molecule has 0 unspecified atom stereocenters. The second kappa shape index (κ2) is 8.68. The van der Waals surface area contributed by atoms with Gasteiger partial charge in [-0.3, -0.25) is 0 Å². The molecule has 0 bridgehead atoms. The van der Waals surface area contributed by atoms with Crippen molar-refractivity contribution in [3.8, 4) is 5.75 Å². The van der Waals surface area contributed by atoms with Crippen LogP contribution in [0, 0.1) is 5.92 Å². The van der Waals surface area contributed by atoms with Crippen LogP contribution < -0.4 is 10.1 Å². The Morgan fingerprint density at radius 1 is 1.39 bits per heavy atom. The van der Waals surface area contributed by atoms with Crippen LogP contribution in [-0.4, -0.2) is 25.2 Å². The largest absolute Gasteiger partial charge is 0.492 e. The summed E-state index contributed by atoms with van der Waals surface area (Å²) in [5.41, 5.74) is 1.13. The van der Waals surface area contributed by atoms with Crippen molar-refractivity contribution in [2.24, 2.45) is 5.92 Å². The second-order valence-corrected chi connectivity index (χ2v) is 6.04. The van der Waals surface area contributed by atoms with Gasteiger partial charge in [0.2, 0.25) is 0 Å². The molecule has 0 aliphatic heterocycles. The van der Waals surface area contributed by atoms with Crippen LogP contribution in [0.2, 0.25) is 5.02 Å². The first kappa shape index (κ1) is 15.7. The summed E-state index contributed by atoms with van der Waals surface area (Å²) in [6.07, 6.45) is 2.08. The molecular weight excluding hydrogens is 266 g/mol. The van der Waals surface area contributed by atoms with Crippen molar-refractivity contribution in [2.45, 2.75) is 20.4 Å². The molecule has 1 aromatic rings. The lowest BCUT2D eigenvalue weighted by Gasteiger charge is -2.13. The van der Waals surface area contributed by atoms with E-state index >= 15 is 0 Å². The maximum atomic E-state index is 6.03. The minimum atomic E-state index is 0.644. The molecule has 0 radical (unpaired) electrons. The average Bonchev–Trinajstić information content (AvgIpc) is 2.31. The molecule has 0 atom stereocenters. The number of thioether (sulfide) groups is 1. The minimum Gasteiger partial charge on any atom is -0.492 e. The molecule has 0 aliphatic carbocycles. The number of rotatable bonds is 8. The first-order chi connectivity index (χ1) is 8.63. The van der Waals surface area contributed by atoms with Crippen LogP contribution in [0.25, 0.3) is 0 Å². The standard InChI is InChI=1S/C14H22ClNOS/c1-11(2)9-16-10-12-8-13(15)4-5-14(12)17-6-7-18-3/h4-5,8,11,16H,6-7,9-10H2,1-3H3. The molecule has 0 aromatic heterocycles. The van der Waals surface area contributed by atoms with Gasteiger partial charge in [0.15, 0.2) is 0 Å². The van der Waals surface area contributed by atoms with Gasteiger partial charge in [-0.05, 0) is 36.9 Å². The summed E-state index contributed by atoms with van der Waals surface area (Å²) in [6, 6.07) is 5.81. The Bertz CT molecular complexity index is 358. The first-order valence-corrected chi connectivity index (χ1v) is 8.01. The molecule has 0 heterocycles. The zero-order valence-corrected chi connectivity index (χ0v) is 12.9. The van der Waals surface area contributed by atoms with Crippen LogP contribution in [0.4, 0.5) is 0 Å². The van der Waals surface area contributed by atoms with Crippen molar-refractivity contribution in [3.05, 3.63) is 28.8 Å². The lowest BCUT2D eigenvalue weighted by atomic mass is 10.2. The number of ether oxygens (including phenoxy) is 1. The van der Waals surface area contributed by atoms with Gasteiger partial charge in [0.25, 0.3) is 0 Å². The first-order valence-electron chi connectivity index (χ1n) is 6.24. The van der Waals surface area contributed by atoms with Gasteiger partial charge in [-0.25, -0.2) is 0 Å². The lowest BCUT2D eigenvalue weighted by molar-refractivity contribution is 0.339. The Hall–Kier alpha value is -0.380. The highest BCUT2D eigenvalue weighted by Crippen LogP contribution is 2.23. The van der Waals surface area contributed by atoms with Crippen LogP contribution in [0.5, 0.6) is 5.75 Å². The third-order valence-electron chi connectivity index (χ3n) is 2.44. The SMILES string of the molecule is CSCCOc1ccc(Cl)cc1CNCC(C)C. The maximum Gasteiger partial charge on any atom is 0.123 e. The topological polar surface area (TPSA) is 21.3 Å². The van der Waals surface area contributed by atoms with Crippen LogP contribution in [0.1, 0.15) is 19.4 Å². The Labute approximate surface area is 119 Å². The highest BCUT2D eigenvalue weighted by Gasteiger charge is 2.05. The predicted molar refractivity (Wildman–Crippen MR) is 81.9 cm³/mol. The van der Waals surface area contributed by atoms with Gasteiger partial charge >= 0.3 is 0 Å². The smallest absolute Gasteiger partial charge is 0.123 e. The van der Waals surface area contributed by atoms with Gasteiger partial charge in [-0.1, -0.05) is 25.4 Å². The van der Waals surface area contributed by atoms with Gasteiger partial charge in [-0.2, -0.15) is 11.8 Å². The van der Waals surface area contributed by atoms with E-state index in [9.17, 15) is 0 Å². The lowest BCUT2D eigenvalue weighted by Crippen LogP contribution is -2.19. The van der Waals surface area contributed by atoms with Gasteiger partial charge in [0, 0.05) is 22.9 Å². The predicted octanol–water partition coefficient (Wildman–Crippen LogP) is 3.83. The van der Waals surface area contributed by atoms with Crippen molar-refractivity contribution in [2.75, 3.05) is 25.2 Å². The van der Waals surface area contributed by atoms with Crippen LogP contribution in [0.15, 0.2) is 18.2 Å². The molecule has 2 nitrogen and oxygen atoms in total. The number of benzene rings is 1. The van der Waals surface area contributed by atoms with Crippen LogP contribution in [-0.2, 0) is 6.54 Å². The van der Waals surface area contributed by atoms with Crippen LogP contribution >= 0.6 is 23.4 Å². The van der Waals surface area contributed by atoms with E-state index in [0.29, 0.717) is 5.92 Å². The molecule has 4 heteroatoms. The highest BCUT2D eigenvalue weighted by molar-refractivity contribution is 7.98. The second-order valence-electron chi connectivity index (χ2n) is 4.62. The van der Waals surface area contributed by atoms with Crippen LogP contribution in [0.3, 0.4) is 0 Å². The van der Waals surface area contributed by atoms with E-state index in [0.717, 1.165) is 41.8 Å². The Morgan fingerprint density at radius 2 is 2.17 bits per heavy atom.